The lowest BCUT2D eigenvalue weighted by Gasteiger charge is -2.25. The van der Waals surface area contributed by atoms with Crippen molar-refractivity contribution in [1.82, 2.24) is 0 Å². The first-order chi connectivity index (χ1) is 10.2. The Kier molecular flexibility index (Phi) is 4.06. The molecule has 2 aromatic rings. The van der Waals surface area contributed by atoms with Gasteiger partial charge in [-0.15, -0.1) is 0 Å². The molecule has 0 aliphatic heterocycles. The first kappa shape index (κ1) is 14.3. The van der Waals surface area contributed by atoms with Crippen molar-refractivity contribution in [2.75, 3.05) is 6.61 Å². The lowest BCUT2D eigenvalue weighted by atomic mass is 9.85. The second kappa shape index (κ2) is 5.98. The highest BCUT2D eigenvalue weighted by Crippen LogP contribution is 2.41. The molecule has 110 valence electrons. The lowest BCUT2D eigenvalue weighted by Crippen LogP contribution is -2.21. The van der Waals surface area contributed by atoms with E-state index in [1.165, 1.54) is 5.56 Å². The summed E-state index contributed by atoms with van der Waals surface area (Å²) in [6.07, 6.45) is -0.341. The van der Waals surface area contributed by atoms with Gasteiger partial charge in [0.05, 0.1) is 18.8 Å². The van der Waals surface area contributed by atoms with Crippen LogP contribution in [0.25, 0.3) is 0 Å². The third kappa shape index (κ3) is 2.72. The minimum atomic E-state index is -0.817. The number of benzene rings is 2. The predicted molar refractivity (Wildman–Crippen MR) is 81.1 cm³/mol. The molecule has 0 saturated heterocycles. The van der Waals surface area contributed by atoms with E-state index in [9.17, 15) is 10.2 Å². The maximum atomic E-state index is 10.8. The van der Waals surface area contributed by atoms with Crippen molar-refractivity contribution in [3.8, 4) is 0 Å². The Hall–Kier alpha value is -1.68. The molecule has 0 amide bonds. The highest BCUT2D eigenvalue weighted by Gasteiger charge is 2.31. The van der Waals surface area contributed by atoms with Crippen molar-refractivity contribution in [1.29, 1.82) is 0 Å². The second-order valence-electron chi connectivity index (χ2n) is 5.70. The van der Waals surface area contributed by atoms with E-state index in [-0.39, 0.29) is 12.5 Å². The standard InChI is InChI=1S/C18H20O3/c19-11-14(20)10-17-15-7-3-1-5-12(15)9-13-6-2-4-8-16(13)18(17)21/h1-8,14,17-21H,9-11H2/t14-,17+,18+/m0/s1. The quantitative estimate of drug-likeness (QED) is 0.809. The van der Waals surface area contributed by atoms with E-state index in [1.807, 2.05) is 42.5 Å². The van der Waals surface area contributed by atoms with Crippen LogP contribution in [-0.4, -0.2) is 28.0 Å². The van der Waals surface area contributed by atoms with Crippen LogP contribution in [0.1, 0.15) is 40.7 Å². The average Bonchev–Trinajstić information content (AvgIpc) is 2.63. The Balaban J connectivity index is 2.09. The zero-order valence-electron chi connectivity index (χ0n) is 11.8. The van der Waals surface area contributed by atoms with Gasteiger partial charge in [0.15, 0.2) is 0 Å². The molecule has 3 atom stereocenters. The molecule has 21 heavy (non-hydrogen) atoms. The van der Waals surface area contributed by atoms with Crippen LogP contribution in [0.2, 0.25) is 0 Å². The molecule has 0 fully saturated rings. The Morgan fingerprint density at radius 3 is 2.19 bits per heavy atom. The van der Waals surface area contributed by atoms with Crippen LogP contribution in [0.4, 0.5) is 0 Å². The summed E-state index contributed by atoms with van der Waals surface area (Å²) >= 11 is 0. The van der Waals surface area contributed by atoms with E-state index < -0.39 is 12.2 Å². The lowest BCUT2D eigenvalue weighted by molar-refractivity contribution is 0.0561. The van der Waals surface area contributed by atoms with Crippen LogP contribution in [0, 0.1) is 0 Å². The Morgan fingerprint density at radius 1 is 0.952 bits per heavy atom. The minimum absolute atomic E-state index is 0.202. The van der Waals surface area contributed by atoms with Crippen molar-refractivity contribution in [3.05, 3.63) is 70.8 Å². The predicted octanol–water partition coefficient (Wildman–Crippen LogP) is 2.15. The smallest absolute Gasteiger partial charge is 0.0862 e. The Morgan fingerprint density at radius 2 is 1.52 bits per heavy atom. The Labute approximate surface area is 124 Å². The van der Waals surface area contributed by atoms with Crippen molar-refractivity contribution in [2.45, 2.75) is 31.0 Å². The molecule has 3 N–H and O–H groups in total. The zero-order chi connectivity index (χ0) is 14.8. The fourth-order valence-corrected chi connectivity index (χ4v) is 3.26. The molecule has 1 aliphatic rings. The van der Waals surface area contributed by atoms with Gasteiger partial charge in [-0.3, -0.25) is 0 Å². The van der Waals surface area contributed by atoms with Crippen molar-refractivity contribution in [2.24, 2.45) is 0 Å². The van der Waals surface area contributed by atoms with Crippen LogP contribution in [0.3, 0.4) is 0 Å². The van der Waals surface area contributed by atoms with E-state index in [0.29, 0.717) is 6.42 Å². The van der Waals surface area contributed by atoms with Crippen molar-refractivity contribution >= 4 is 0 Å². The van der Waals surface area contributed by atoms with E-state index in [0.717, 1.165) is 23.1 Å². The summed E-state index contributed by atoms with van der Waals surface area (Å²) in [4.78, 5) is 0. The van der Waals surface area contributed by atoms with Gasteiger partial charge >= 0.3 is 0 Å². The maximum Gasteiger partial charge on any atom is 0.0862 e. The molecule has 0 spiro atoms. The molecule has 0 heterocycles. The average molecular weight is 284 g/mol. The van der Waals surface area contributed by atoms with Gasteiger partial charge in [0.1, 0.15) is 0 Å². The monoisotopic (exact) mass is 284 g/mol. The molecule has 2 aromatic carbocycles. The Bertz CT molecular complexity index is 623. The van der Waals surface area contributed by atoms with Gasteiger partial charge in [0.25, 0.3) is 0 Å². The number of aliphatic hydroxyl groups is 3. The van der Waals surface area contributed by atoms with Gasteiger partial charge in [-0.05, 0) is 35.1 Å². The van der Waals surface area contributed by atoms with Crippen molar-refractivity contribution < 1.29 is 15.3 Å². The number of aliphatic hydroxyl groups excluding tert-OH is 3. The molecule has 0 bridgehead atoms. The molecule has 3 heteroatoms. The van der Waals surface area contributed by atoms with E-state index in [4.69, 9.17) is 5.11 Å². The van der Waals surface area contributed by atoms with Gasteiger partial charge in [0, 0.05) is 5.92 Å². The normalized spacial score (nSPS) is 22.0. The molecule has 0 aromatic heterocycles. The molecule has 1 aliphatic carbocycles. The van der Waals surface area contributed by atoms with Crippen LogP contribution >= 0.6 is 0 Å². The summed E-state index contributed by atoms with van der Waals surface area (Å²) in [5, 5.41) is 29.8. The molecule has 0 radical (unpaired) electrons. The minimum Gasteiger partial charge on any atom is -0.394 e. The number of hydrogen-bond acceptors (Lipinski definition) is 3. The summed E-state index contributed by atoms with van der Waals surface area (Å²) < 4.78 is 0. The molecule has 3 nitrogen and oxygen atoms in total. The highest BCUT2D eigenvalue weighted by atomic mass is 16.3. The SMILES string of the molecule is OC[C@@H](O)C[C@@H]1c2ccccc2Cc2ccccc2[C@H]1O. The van der Waals surface area contributed by atoms with Crippen LogP contribution in [-0.2, 0) is 6.42 Å². The molecule has 3 rings (SSSR count). The first-order valence-electron chi connectivity index (χ1n) is 7.33. The topological polar surface area (TPSA) is 60.7 Å². The summed E-state index contributed by atoms with van der Waals surface area (Å²) in [6.45, 7) is -0.285. The van der Waals surface area contributed by atoms with Gasteiger partial charge in [-0.2, -0.15) is 0 Å². The van der Waals surface area contributed by atoms with Crippen LogP contribution in [0.15, 0.2) is 48.5 Å². The second-order valence-corrected chi connectivity index (χ2v) is 5.70. The number of rotatable bonds is 3. The van der Waals surface area contributed by atoms with Gasteiger partial charge in [-0.25, -0.2) is 0 Å². The van der Waals surface area contributed by atoms with Crippen LogP contribution in [0.5, 0.6) is 0 Å². The van der Waals surface area contributed by atoms with Crippen molar-refractivity contribution in [3.63, 3.8) is 0 Å². The van der Waals surface area contributed by atoms with E-state index >= 15 is 0 Å². The molecular weight excluding hydrogens is 264 g/mol. The largest absolute Gasteiger partial charge is 0.394 e. The zero-order valence-corrected chi connectivity index (χ0v) is 11.8. The van der Waals surface area contributed by atoms with Crippen LogP contribution < -0.4 is 0 Å². The summed E-state index contributed by atoms with van der Waals surface area (Å²) in [5.74, 6) is -0.202. The fourth-order valence-electron chi connectivity index (χ4n) is 3.26. The molecule has 0 saturated carbocycles. The highest BCUT2D eigenvalue weighted by molar-refractivity contribution is 5.44. The summed E-state index contributed by atoms with van der Waals surface area (Å²) in [6, 6.07) is 15.9. The van der Waals surface area contributed by atoms with Gasteiger partial charge in [0.2, 0.25) is 0 Å². The maximum absolute atomic E-state index is 10.8. The summed E-state index contributed by atoms with van der Waals surface area (Å²) in [7, 11) is 0. The van der Waals surface area contributed by atoms with E-state index in [2.05, 4.69) is 6.07 Å². The third-order valence-electron chi connectivity index (χ3n) is 4.33. The fraction of sp³-hybridized carbons (Fsp3) is 0.333. The summed E-state index contributed by atoms with van der Waals surface area (Å²) in [5.41, 5.74) is 4.28. The van der Waals surface area contributed by atoms with Gasteiger partial charge < -0.3 is 15.3 Å². The molecule has 0 unspecified atom stereocenters. The third-order valence-corrected chi connectivity index (χ3v) is 4.33. The number of fused-ring (bicyclic) bond motifs is 2. The van der Waals surface area contributed by atoms with E-state index in [1.54, 1.807) is 0 Å². The first-order valence-corrected chi connectivity index (χ1v) is 7.33. The number of hydrogen-bond donors (Lipinski definition) is 3. The molecular formula is C18H20O3. The van der Waals surface area contributed by atoms with Gasteiger partial charge in [-0.1, -0.05) is 48.5 Å².